The van der Waals surface area contributed by atoms with Crippen LogP contribution in [-0.4, -0.2) is 51.8 Å². The Morgan fingerprint density at radius 2 is 1.08 bits per heavy atom. The minimum absolute atomic E-state index is 0.160. The van der Waals surface area contributed by atoms with Crippen LogP contribution >= 0.6 is 0 Å². The highest BCUT2D eigenvalue weighted by atomic mass is 16.5. The lowest BCUT2D eigenvalue weighted by Crippen LogP contribution is -2.03. The molecule has 0 saturated heterocycles. The van der Waals surface area contributed by atoms with Gasteiger partial charge < -0.3 is 24.2 Å². The minimum atomic E-state index is 0.160. The summed E-state index contributed by atoms with van der Waals surface area (Å²) in [5.74, 6) is 2.16. The molecule has 0 aliphatic carbocycles. The molecule has 0 radical (unpaired) electrons. The summed E-state index contributed by atoms with van der Waals surface area (Å²) in [6, 6.07) is 18.5. The van der Waals surface area contributed by atoms with Crippen molar-refractivity contribution in [1.29, 1.82) is 0 Å². The maximum absolute atomic E-state index is 9.54. The number of rotatable bonds is 20. The van der Waals surface area contributed by atoms with E-state index in [1.54, 1.807) is 12.4 Å². The maximum atomic E-state index is 9.54. The molecule has 0 spiro atoms. The van der Waals surface area contributed by atoms with Crippen molar-refractivity contribution in [1.82, 2.24) is 15.1 Å². The van der Waals surface area contributed by atoms with Gasteiger partial charge in [-0.3, -0.25) is 9.97 Å². The van der Waals surface area contributed by atoms with Gasteiger partial charge in [0.15, 0.2) is 5.76 Å². The summed E-state index contributed by atoms with van der Waals surface area (Å²) in [5, 5.41) is 23.6. The van der Waals surface area contributed by atoms with Crippen LogP contribution in [0.4, 0.5) is 0 Å². The van der Waals surface area contributed by atoms with Gasteiger partial charge in [0, 0.05) is 55.2 Å². The van der Waals surface area contributed by atoms with E-state index in [9.17, 15) is 10.2 Å². The van der Waals surface area contributed by atoms with E-state index in [1.165, 1.54) is 16.7 Å². The molecule has 2 N–H and O–H groups in total. The molecule has 0 aliphatic heterocycles. The average Bonchev–Trinajstić information content (AvgIpc) is 3.63. The summed E-state index contributed by atoms with van der Waals surface area (Å²) in [5.41, 5.74) is 9.06. The number of nitrogens with zero attached hydrogens (tertiary/aromatic N) is 3. The third-order valence-corrected chi connectivity index (χ3v) is 8.62. The first kappa shape index (κ1) is 35.8. The number of aromatic nitrogens is 3. The molecule has 0 aliphatic rings. The largest absolute Gasteiger partial charge is 0.493 e. The zero-order chi connectivity index (χ0) is 34.3. The normalized spacial score (nSPS) is 11.2. The summed E-state index contributed by atoms with van der Waals surface area (Å²) < 4.78 is 18.9. The van der Waals surface area contributed by atoms with Gasteiger partial charge in [-0.05, 0) is 128 Å². The minimum Gasteiger partial charge on any atom is -0.493 e. The van der Waals surface area contributed by atoms with E-state index in [2.05, 4.69) is 41.1 Å². The lowest BCUT2D eigenvalue weighted by atomic mass is 9.87. The molecule has 0 atom stereocenters. The highest BCUT2D eigenvalue weighted by molar-refractivity contribution is 5.82. The lowest BCUT2D eigenvalue weighted by Gasteiger charge is -2.18. The quantitative estimate of drug-likeness (QED) is 0.0794. The number of aliphatic hydroxyl groups is 2. The molecule has 3 heterocycles. The van der Waals surface area contributed by atoms with E-state index in [0.717, 1.165) is 104 Å². The van der Waals surface area contributed by atoms with Crippen molar-refractivity contribution in [2.75, 3.05) is 26.4 Å². The van der Waals surface area contributed by atoms with Gasteiger partial charge in [0.05, 0.1) is 18.8 Å². The molecule has 5 aromatic rings. The molecular formula is C41H49N3O5. The summed E-state index contributed by atoms with van der Waals surface area (Å²) in [6.45, 7) is 5.82. The van der Waals surface area contributed by atoms with Crippen molar-refractivity contribution in [3.63, 3.8) is 0 Å². The Morgan fingerprint density at radius 3 is 1.57 bits per heavy atom. The van der Waals surface area contributed by atoms with Crippen LogP contribution in [0.5, 0.6) is 11.5 Å². The Bertz CT molecular complexity index is 1530. The second-order valence-corrected chi connectivity index (χ2v) is 12.3. The fraction of sp³-hybridized carbons (Fsp3) is 0.390. The Labute approximate surface area is 290 Å². The Balaban J connectivity index is 1.59. The second kappa shape index (κ2) is 18.9. The molecule has 8 nitrogen and oxygen atoms in total. The van der Waals surface area contributed by atoms with Gasteiger partial charge in [0.1, 0.15) is 17.2 Å². The van der Waals surface area contributed by atoms with Crippen molar-refractivity contribution in [3.05, 3.63) is 90.5 Å². The molecule has 258 valence electrons. The van der Waals surface area contributed by atoms with E-state index in [-0.39, 0.29) is 13.2 Å². The summed E-state index contributed by atoms with van der Waals surface area (Å²) in [4.78, 5) is 8.47. The van der Waals surface area contributed by atoms with Gasteiger partial charge in [-0.25, -0.2) is 0 Å². The molecule has 0 saturated carbocycles. The topological polar surface area (TPSA) is 111 Å². The number of benzene rings is 2. The van der Waals surface area contributed by atoms with Crippen LogP contribution in [0, 0.1) is 0 Å². The Morgan fingerprint density at radius 1 is 0.571 bits per heavy atom. The molecular weight excluding hydrogens is 614 g/mol. The molecule has 2 aromatic carbocycles. The Hall–Kier alpha value is -4.53. The number of unbranched alkanes of at least 4 members (excludes halogenated alkanes) is 4. The van der Waals surface area contributed by atoms with Crippen molar-refractivity contribution in [2.24, 2.45) is 0 Å². The van der Waals surface area contributed by atoms with E-state index < -0.39 is 0 Å². The van der Waals surface area contributed by atoms with Crippen LogP contribution < -0.4 is 9.47 Å². The first-order valence-corrected chi connectivity index (χ1v) is 17.8. The molecule has 0 fully saturated rings. The van der Waals surface area contributed by atoms with E-state index in [4.69, 9.17) is 14.0 Å². The molecule has 0 amide bonds. The number of aryl methyl sites for hydroxylation is 2. The fourth-order valence-electron chi connectivity index (χ4n) is 6.02. The zero-order valence-corrected chi connectivity index (χ0v) is 28.9. The summed E-state index contributed by atoms with van der Waals surface area (Å²) in [6.07, 6.45) is 16.0. The predicted molar refractivity (Wildman–Crippen MR) is 195 cm³/mol. The SMILES string of the molecule is CCCCOc1cc(-c2cc(-c3cc(CCCCO)c(-c4ccncc4)c(CCCCO)c3)on2)cc(OCCCC)c1-c1ccncc1. The highest BCUT2D eigenvalue weighted by Gasteiger charge is 2.21. The van der Waals surface area contributed by atoms with Gasteiger partial charge in [-0.15, -0.1) is 0 Å². The third-order valence-electron chi connectivity index (χ3n) is 8.62. The molecule has 0 unspecified atom stereocenters. The highest BCUT2D eigenvalue weighted by Crippen LogP contribution is 2.43. The van der Waals surface area contributed by atoms with Gasteiger partial charge in [-0.2, -0.15) is 0 Å². The number of hydrogen-bond donors (Lipinski definition) is 2. The van der Waals surface area contributed by atoms with Crippen LogP contribution in [-0.2, 0) is 12.8 Å². The van der Waals surface area contributed by atoms with Crippen molar-refractivity contribution >= 4 is 0 Å². The van der Waals surface area contributed by atoms with Gasteiger partial charge in [-0.1, -0.05) is 31.8 Å². The first-order chi connectivity index (χ1) is 24.2. The summed E-state index contributed by atoms with van der Waals surface area (Å²) >= 11 is 0. The summed E-state index contributed by atoms with van der Waals surface area (Å²) in [7, 11) is 0. The molecule has 8 heteroatoms. The first-order valence-electron chi connectivity index (χ1n) is 17.8. The van der Waals surface area contributed by atoms with Crippen LogP contribution in [0.25, 0.3) is 44.8 Å². The second-order valence-electron chi connectivity index (χ2n) is 12.3. The molecule has 49 heavy (non-hydrogen) atoms. The standard InChI is InChI=1S/C41H49N3O5/c1-3-5-23-47-38-27-34(28-39(48-24-6-4-2)41(38)31-15-19-43-20-16-31)36-29-37(49-44-36)35-25-32(11-7-9-21-45)40(30-13-17-42-18-14-30)33(26-35)12-8-10-22-46/h13-20,25-29,45-46H,3-12,21-24H2,1-2H3. The van der Waals surface area contributed by atoms with Crippen LogP contribution in [0.2, 0.25) is 0 Å². The van der Waals surface area contributed by atoms with Gasteiger partial charge in [0.25, 0.3) is 0 Å². The van der Waals surface area contributed by atoms with Crippen LogP contribution in [0.15, 0.2) is 83.9 Å². The smallest absolute Gasteiger partial charge is 0.167 e. The van der Waals surface area contributed by atoms with Crippen molar-refractivity contribution in [2.45, 2.75) is 78.1 Å². The Kier molecular flexibility index (Phi) is 13.8. The van der Waals surface area contributed by atoms with Gasteiger partial charge in [0.2, 0.25) is 0 Å². The number of aliphatic hydroxyl groups excluding tert-OH is 2. The monoisotopic (exact) mass is 663 g/mol. The van der Waals surface area contributed by atoms with Gasteiger partial charge >= 0.3 is 0 Å². The average molecular weight is 664 g/mol. The molecule has 3 aromatic heterocycles. The number of ether oxygens (including phenoxy) is 2. The fourth-order valence-corrected chi connectivity index (χ4v) is 6.02. The predicted octanol–water partition coefficient (Wildman–Crippen LogP) is 9.12. The van der Waals surface area contributed by atoms with E-state index >= 15 is 0 Å². The van der Waals surface area contributed by atoms with E-state index in [0.29, 0.717) is 24.7 Å². The lowest BCUT2D eigenvalue weighted by molar-refractivity contribution is 0.284. The van der Waals surface area contributed by atoms with Crippen molar-refractivity contribution < 1.29 is 24.2 Å². The number of hydrogen-bond acceptors (Lipinski definition) is 8. The molecule has 0 bridgehead atoms. The number of pyridine rings is 2. The zero-order valence-electron chi connectivity index (χ0n) is 28.9. The van der Waals surface area contributed by atoms with E-state index in [1.807, 2.05) is 54.9 Å². The van der Waals surface area contributed by atoms with Crippen molar-refractivity contribution in [3.8, 4) is 56.3 Å². The van der Waals surface area contributed by atoms with Crippen LogP contribution in [0.3, 0.4) is 0 Å². The molecule has 5 rings (SSSR count). The third kappa shape index (κ3) is 9.55. The van der Waals surface area contributed by atoms with Crippen LogP contribution in [0.1, 0.15) is 76.3 Å². The maximum Gasteiger partial charge on any atom is 0.167 e.